The van der Waals surface area contributed by atoms with Crippen molar-refractivity contribution < 1.29 is 49.5 Å². The van der Waals surface area contributed by atoms with Crippen LogP contribution in [0.2, 0.25) is 0 Å². The van der Waals surface area contributed by atoms with E-state index in [1.807, 2.05) is 24.3 Å². The molecule has 1 heterocycles. The molecule has 1 unspecified atom stereocenters. The minimum atomic E-state index is -1.31. The number of carboxylic acid groups (broad SMARTS) is 1. The molecular weight excluding hydrogens is 259 g/mol. The fraction of sp³-hybridized carbons (Fsp3) is 0.167. The van der Waals surface area contributed by atoms with E-state index in [4.69, 9.17) is 10.3 Å². The number of amides is 1. The first-order chi connectivity index (χ1) is 8.63. The van der Waals surface area contributed by atoms with Gasteiger partial charge in [-0.1, -0.05) is 18.2 Å². The van der Waals surface area contributed by atoms with Crippen molar-refractivity contribution in [2.45, 2.75) is 6.42 Å². The Balaban J connectivity index is 0.00000180. The van der Waals surface area contributed by atoms with Gasteiger partial charge in [0, 0.05) is 17.1 Å². The summed E-state index contributed by atoms with van der Waals surface area (Å²) in [5.74, 6) is -3.51. The summed E-state index contributed by atoms with van der Waals surface area (Å²) in [6.45, 7) is 0. The number of nitrogens with one attached hydrogen (secondary N) is 2. The Morgan fingerprint density at radius 1 is 1.32 bits per heavy atom. The summed E-state index contributed by atoms with van der Waals surface area (Å²) in [5, 5.41) is 18.4. The average molecular weight is 271 g/mol. The van der Waals surface area contributed by atoms with Crippen LogP contribution in [0.1, 0.15) is 5.56 Å². The number of hydrogen-bond acceptors (Lipinski definition) is 3. The minimum absolute atomic E-state index is 0. The van der Waals surface area contributed by atoms with E-state index in [2.05, 4.69) is 4.98 Å². The quantitative estimate of drug-likeness (QED) is 0.222. The summed E-state index contributed by atoms with van der Waals surface area (Å²) in [7, 11) is 0. The molecule has 0 fully saturated rings. The zero-order chi connectivity index (χ0) is 13.1. The fourth-order valence-electron chi connectivity index (χ4n) is 1.89. The molecule has 0 radical (unpaired) electrons. The Morgan fingerprint density at radius 3 is 2.63 bits per heavy atom. The molecule has 0 bridgehead atoms. The molecule has 1 aromatic heterocycles. The van der Waals surface area contributed by atoms with Gasteiger partial charge in [-0.05, 0) is 18.1 Å². The number of aromatic nitrogens is 1. The molecule has 1 atom stereocenters. The molecule has 0 aliphatic heterocycles. The van der Waals surface area contributed by atoms with Crippen LogP contribution < -0.4 is 35.0 Å². The molecule has 1 amide bonds. The summed E-state index contributed by atoms with van der Waals surface area (Å²) in [5.41, 5.74) is 2.98. The molecule has 19 heavy (non-hydrogen) atoms. The van der Waals surface area contributed by atoms with E-state index < -0.39 is 17.8 Å². The Morgan fingerprint density at radius 2 is 2.00 bits per heavy atom. The number of hydrogen-bond donors (Lipinski definition) is 4. The molecular formula is C12H12N2NaO4+. The average Bonchev–Trinajstić information content (AvgIpc) is 2.78. The van der Waals surface area contributed by atoms with Gasteiger partial charge in [0.15, 0.2) is 0 Å². The van der Waals surface area contributed by atoms with Gasteiger partial charge in [0.2, 0.25) is 0 Å². The zero-order valence-electron chi connectivity index (χ0n) is 10.4. The molecule has 1 aromatic carbocycles. The number of carbonyl (C=O) groups is 2. The van der Waals surface area contributed by atoms with Crippen LogP contribution in [0.25, 0.3) is 10.9 Å². The second-order valence-electron chi connectivity index (χ2n) is 3.93. The van der Waals surface area contributed by atoms with Crippen molar-refractivity contribution in [3.8, 4) is 0 Å². The SMILES string of the molecule is O=C(O)C(Cc1c[nH]c2ccccc12)C(=O)NO.[Na+]. The van der Waals surface area contributed by atoms with Crippen molar-refractivity contribution in [3.63, 3.8) is 0 Å². The topological polar surface area (TPSA) is 102 Å². The first-order valence-corrected chi connectivity index (χ1v) is 5.35. The first-order valence-electron chi connectivity index (χ1n) is 5.35. The van der Waals surface area contributed by atoms with Gasteiger partial charge in [0.25, 0.3) is 5.91 Å². The number of H-pyrrole nitrogens is 1. The van der Waals surface area contributed by atoms with Gasteiger partial charge in [0.05, 0.1) is 0 Å². The van der Waals surface area contributed by atoms with Gasteiger partial charge in [-0.2, -0.15) is 0 Å². The summed E-state index contributed by atoms with van der Waals surface area (Å²) >= 11 is 0. The maximum Gasteiger partial charge on any atom is 1.00 e. The van der Waals surface area contributed by atoms with Crippen LogP contribution >= 0.6 is 0 Å². The van der Waals surface area contributed by atoms with Crippen LogP contribution in [0.15, 0.2) is 30.5 Å². The standard InChI is InChI=1S/C12H12N2O4.Na/c15-11(14-18)9(12(16)17)5-7-6-13-10-4-2-1-3-8(7)10;/h1-4,6,9,13,18H,5H2,(H,14,15)(H,16,17);/q;+1. The molecule has 7 heteroatoms. The maximum absolute atomic E-state index is 11.3. The van der Waals surface area contributed by atoms with Gasteiger partial charge in [-0.3, -0.25) is 14.8 Å². The predicted molar refractivity (Wildman–Crippen MR) is 63.1 cm³/mol. The fourth-order valence-corrected chi connectivity index (χ4v) is 1.89. The Bertz CT molecular complexity index is 596. The third-order valence-electron chi connectivity index (χ3n) is 2.82. The van der Waals surface area contributed by atoms with Crippen molar-refractivity contribution in [2.24, 2.45) is 5.92 Å². The second-order valence-corrected chi connectivity index (χ2v) is 3.93. The van der Waals surface area contributed by atoms with Crippen molar-refractivity contribution in [1.29, 1.82) is 0 Å². The van der Waals surface area contributed by atoms with Crippen LogP contribution in [0.5, 0.6) is 0 Å². The molecule has 6 nitrogen and oxygen atoms in total. The first kappa shape index (κ1) is 15.7. The van der Waals surface area contributed by atoms with Crippen molar-refractivity contribution >= 4 is 22.8 Å². The number of aromatic amines is 1. The second kappa shape index (κ2) is 6.72. The maximum atomic E-state index is 11.3. The molecule has 0 saturated carbocycles. The molecule has 94 valence electrons. The van der Waals surface area contributed by atoms with E-state index in [1.54, 1.807) is 6.20 Å². The largest absolute Gasteiger partial charge is 1.00 e. The van der Waals surface area contributed by atoms with E-state index in [9.17, 15) is 9.59 Å². The van der Waals surface area contributed by atoms with E-state index in [0.29, 0.717) is 0 Å². The normalized spacial score (nSPS) is 11.6. The third-order valence-corrected chi connectivity index (χ3v) is 2.82. The molecule has 0 spiro atoms. The monoisotopic (exact) mass is 271 g/mol. The number of aliphatic carboxylic acids is 1. The van der Waals surface area contributed by atoms with Crippen molar-refractivity contribution in [2.75, 3.05) is 0 Å². The number of rotatable bonds is 4. The van der Waals surface area contributed by atoms with Crippen LogP contribution in [-0.2, 0) is 16.0 Å². The minimum Gasteiger partial charge on any atom is -0.481 e. The molecule has 2 aromatic rings. The van der Waals surface area contributed by atoms with E-state index >= 15 is 0 Å². The van der Waals surface area contributed by atoms with Crippen molar-refractivity contribution in [1.82, 2.24) is 10.5 Å². The number of para-hydroxylation sites is 1. The number of hydroxylamine groups is 1. The molecule has 2 rings (SSSR count). The Kier molecular flexibility index (Phi) is 5.56. The smallest absolute Gasteiger partial charge is 0.481 e. The van der Waals surface area contributed by atoms with Crippen LogP contribution in [0, 0.1) is 5.92 Å². The van der Waals surface area contributed by atoms with E-state index in [0.717, 1.165) is 16.5 Å². The van der Waals surface area contributed by atoms with Crippen molar-refractivity contribution in [3.05, 3.63) is 36.0 Å². The van der Waals surface area contributed by atoms with E-state index in [1.165, 1.54) is 5.48 Å². The molecule has 0 aliphatic rings. The zero-order valence-corrected chi connectivity index (χ0v) is 12.4. The van der Waals surface area contributed by atoms with Crippen LogP contribution in [0.3, 0.4) is 0 Å². The molecule has 4 N–H and O–H groups in total. The van der Waals surface area contributed by atoms with Gasteiger partial charge >= 0.3 is 35.5 Å². The third kappa shape index (κ3) is 3.36. The Labute approximate surface area is 131 Å². The summed E-state index contributed by atoms with van der Waals surface area (Å²) in [6.07, 6.45) is 1.69. The van der Waals surface area contributed by atoms with E-state index in [-0.39, 0.29) is 36.0 Å². The van der Waals surface area contributed by atoms with Gasteiger partial charge < -0.3 is 10.1 Å². The van der Waals surface area contributed by atoms with Gasteiger partial charge in [0.1, 0.15) is 5.92 Å². The summed E-state index contributed by atoms with van der Waals surface area (Å²) in [6, 6.07) is 7.40. The van der Waals surface area contributed by atoms with Crippen LogP contribution in [-0.4, -0.2) is 27.2 Å². The number of carboxylic acids is 1. The van der Waals surface area contributed by atoms with Crippen LogP contribution in [0.4, 0.5) is 0 Å². The van der Waals surface area contributed by atoms with Gasteiger partial charge in [-0.15, -0.1) is 0 Å². The number of fused-ring (bicyclic) bond motifs is 1. The predicted octanol–water partition coefficient (Wildman–Crippen LogP) is -2.08. The molecule has 0 saturated heterocycles. The number of benzene rings is 1. The number of carbonyl (C=O) groups excluding carboxylic acids is 1. The molecule has 0 aliphatic carbocycles. The Hall–Kier alpha value is -1.34. The van der Waals surface area contributed by atoms with Gasteiger partial charge in [-0.25, -0.2) is 5.48 Å². The summed E-state index contributed by atoms with van der Waals surface area (Å²) in [4.78, 5) is 25.2. The summed E-state index contributed by atoms with van der Waals surface area (Å²) < 4.78 is 0.